The van der Waals surface area contributed by atoms with Crippen molar-refractivity contribution in [1.82, 2.24) is 24.5 Å². The third-order valence-electron chi connectivity index (χ3n) is 8.67. The van der Waals surface area contributed by atoms with Gasteiger partial charge in [0.1, 0.15) is 17.9 Å². The van der Waals surface area contributed by atoms with E-state index in [4.69, 9.17) is 4.74 Å². The van der Waals surface area contributed by atoms with Crippen LogP contribution in [-0.2, 0) is 15.8 Å². The minimum absolute atomic E-state index is 0.263. The molecule has 3 fully saturated rings. The van der Waals surface area contributed by atoms with E-state index >= 15 is 0 Å². The third kappa shape index (κ3) is 10.8. The molecule has 246 valence electrons. The highest BCUT2D eigenvalue weighted by Gasteiger charge is 2.45. The number of aromatic nitrogens is 2. The zero-order chi connectivity index (χ0) is 32.3. The van der Waals surface area contributed by atoms with E-state index in [0.717, 1.165) is 44.0 Å². The van der Waals surface area contributed by atoms with Crippen LogP contribution in [0.4, 0.5) is 10.2 Å². The predicted molar refractivity (Wildman–Crippen MR) is 177 cm³/mol. The lowest BCUT2D eigenvalue weighted by Crippen LogP contribution is -2.60. The molecule has 1 aromatic heterocycles. The monoisotopic (exact) mass is 632 g/mol. The largest absolute Gasteiger partial charge is 0.452 e. The van der Waals surface area contributed by atoms with Gasteiger partial charge in [-0.15, -0.1) is 0 Å². The first-order valence-corrected chi connectivity index (χ1v) is 17.5. The van der Waals surface area contributed by atoms with Gasteiger partial charge in [-0.25, -0.2) is 23.3 Å². The molecule has 1 saturated carbocycles. The van der Waals surface area contributed by atoms with Crippen LogP contribution in [0, 0.1) is 18.2 Å². The van der Waals surface area contributed by atoms with Gasteiger partial charge in [0.2, 0.25) is 6.41 Å². The highest BCUT2D eigenvalue weighted by Crippen LogP contribution is 2.44. The summed E-state index contributed by atoms with van der Waals surface area (Å²) >= 11 is 0. The van der Waals surface area contributed by atoms with Crippen LogP contribution < -0.4 is 14.4 Å². The Bertz CT molecular complexity index is 1190. The summed E-state index contributed by atoms with van der Waals surface area (Å²) in [4.78, 5) is 25.3. The molecule has 3 aliphatic rings. The molecule has 3 heterocycles. The van der Waals surface area contributed by atoms with Crippen molar-refractivity contribution in [2.45, 2.75) is 97.7 Å². The van der Waals surface area contributed by atoms with Crippen molar-refractivity contribution in [1.29, 1.82) is 0 Å². The summed E-state index contributed by atoms with van der Waals surface area (Å²) in [5.41, 5.74) is 1.17. The van der Waals surface area contributed by atoms with Crippen molar-refractivity contribution >= 4 is 23.2 Å². The number of hydrogen-bond acceptors (Lipinski definition) is 7. The van der Waals surface area contributed by atoms with Gasteiger partial charge in [-0.3, -0.25) is 4.79 Å². The van der Waals surface area contributed by atoms with Crippen LogP contribution in [0.2, 0.25) is 0 Å². The molecule has 1 N–H and O–H groups in total. The molecule has 1 spiro atoms. The van der Waals surface area contributed by atoms with Gasteiger partial charge in [-0.05, 0) is 104 Å². The van der Waals surface area contributed by atoms with Crippen LogP contribution in [0.1, 0.15) is 78.2 Å². The number of carbonyl (C=O) groups is 1. The first-order chi connectivity index (χ1) is 20.9. The van der Waals surface area contributed by atoms with Crippen LogP contribution in [-0.4, -0.2) is 88.0 Å². The second kappa shape index (κ2) is 17.2. The highest BCUT2D eigenvalue weighted by molar-refractivity contribution is 7.82. The van der Waals surface area contributed by atoms with Crippen LogP contribution in [0.25, 0.3) is 0 Å². The van der Waals surface area contributed by atoms with Gasteiger partial charge in [0.25, 0.3) is 0 Å². The Kier molecular flexibility index (Phi) is 14.0. The second-order valence-corrected chi connectivity index (χ2v) is 14.2. The van der Waals surface area contributed by atoms with E-state index in [1.165, 1.54) is 57.1 Å². The molecule has 1 unspecified atom stereocenters. The van der Waals surface area contributed by atoms with E-state index in [2.05, 4.69) is 31.5 Å². The molecule has 0 radical (unpaired) electrons. The molecule has 1 aromatic carbocycles. The van der Waals surface area contributed by atoms with Gasteiger partial charge in [0.05, 0.1) is 17.2 Å². The summed E-state index contributed by atoms with van der Waals surface area (Å²) in [5, 5.41) is 0. The Morgan fingerprint density at radius 1 is 1.09 bits per heavy atom. The summed E-state index contributed by atoms with van der Waals surface area (Å²) in [5.74, 6) is 1.82. The number of rotatable bonds is 8. The molecule has 2 aliphatic heterocycles. The molecule has 2 saturated heterocycles. The highest BCUT2D eigenvalue weighted by atomic mass is 32.2. The summed E-state index contributed by atoms with van der Waals surface area (Å²) in [7, 11) is 1.37. The molecule has 2 aromatic rings. The van der Waals surface area contributed by atoms with Crippen LogP contribution in [0.3, 0.4) is 0 Å². The fraction of sp³-hybridized carbons (Fsp3) is 0.667. The Balaban J connectivity index is 0.000000230. The summed E-state index contributed by atoms with van der Waals surface area (Å²) in [6.45, 7) is 14.2. The zero-order valence-corrected chi connectivity index (χ0v) is 28.5. The number of aryl methyl sites for hydroxylation is 1. The van der Waals surface area contributed by atoms with E-state index in [-0.39, 0.29) is 5.82 Å². The number of carbonyl (C=O) groups excluding carboxylic acids is 1. The molecule has 11 heteroatoms. The number of hydrogen-bond donors (Lipinski definition) is 1. The summed E-state index contributed by atoms with van der Waals surface area (Å²) < 4.78 is 33.1. The minimum Gasteiger partial charge on any atom is -0.452 e. The van der Waals surface area contributed by atoms with Gasteiger partial charge in [-0.1, -0.05) is 19.3 Å². The van der Waals surface area contributed by atoms with Gasteiger partial charge in [0.15, 0.2) is 11.6 Å². The van der Waals surface area contributed by atoms with Crippen molar-refractivity contribution in [3.05, 3.63) is 42.1 Å². The molecule has 1 atom stereocenters. The van der Waals surface area contributed by atoms with Crippen molar-refractivity contribution < 1.29 is 18.1 Å². The quantitative estimate of drug-likeness (QED) is 0.373. The molecule has 44 heavy (non-hydrogen) atoms. The lowest BCUT2D eigenvalue weighted by molar-refractivity contribution is -0.121. The zero-order valence-electron chi connectivity index (χ0n) is 27.7. The number of benzene rings is 1. The lowest BCUT2D eigenvalue weighted by atomic mass is 9.72. The lowest BCUT2D eigenvalue weighted by Gasteiger charge is -2.54. The van der Waals surface area contributed by atoms with Crippen LogP contribution in [0.5, 0.6) is 11.5 Å². The number of nitrogens with one attached hydrogen (secondary N) is 1. The van der Waals surface area contributed by atoms with E-state index < -0.39 is 11.0 Å². The molecular weight excluding hydrogens is 579 g/mol. The number of likely N-dealkylation sites (tertiary alicyclic amines) is 1. The molecule has 1 amide bonds. The summed E-state index contributed by atoms with van der Waals surface area (Å²) in [6, 6.07) is 5.69. The van der Waals surface area contributed by atoms with Crippen LogP contribution in [0.15, 0.2) is 30.7 Å². The standard InChI is InChI=1S/C19H23FN4O.C7H15NOS.C7H15NO/c1-14-9-15(20)3-4-16(14)25-17-10-21-13-22-18(17)24-11-19(12-24)5-7-23(2)8-6-19;1-10(9)8-7-5-3-2-4-6-7;1-6(2)8(5-9)7(3)4/h3-4,9-10,13H,5-8,11-12H2,1-2H3;7-8H,2-6H2,1H3;5-7H,1-4H3. The van der Waals surface area contributed by atoms with Crippen molar-refractivity contribution in [3.63, 3.8) is 0 Å². The topological polar surface area (TPSA) is 90.9 Å². The number of halogens is 1. The predicted octanol–water partition coefficient (Wildman–Crippen LogP) is 5.71. The average Bonchev–Trinajstić information content (AvgIpc) is 2.95. The maximum atomic E-state index is 13.3. The third-order valence-corrected chi connectivity index (χ3v) is 9.33. The molecule has 1 aliphatic carbocycles. The average molecular weight is 633 g/mol. The Labute approximate surface area is 266 Å². The summed E-state index contributed by atoms with van der Waals surface area (Å²) in [6.07, 6.45) is 14.7. The first-order valence-electron chi connectivity index (χ1n) is 15.9. The maximum absolute atomic E-state index is 13.3. The van der Waals surface area contributed by atoms with E-state index in [0.29, 0.717) is 35.0 Å². The number of anilines is 1. The van der Waals surface area contributed by atoms with E-state index in [9.17, 15) is 13.4 Å². The van der Waals surface area contributed by atoms with Crippen molar-refractivity contribution in [2.24, 2.45) is 5.41 Å². The van der Waals surface area contributed by atoms with Gasteiger partial charge >= 0.3 is 0 Å². The molecular formula is C33H53FN6O3S. The van der Waals surface area contributed by atoms with Crippen molar-refractivity contribution in [2.75, 3.05) is 44.4 Å². The molecule has 0 bridgehead atoms. The number of amides is 1. The van der Waals surface area contributed by atoms with Gasteiger partial charge in [-0.2, -0.15) is 0 Å². The van der Waals surface area contributed by atoms with E-state index in [1.807, 2.05) is 34.6 Å². The number of ether oxygens (including phenoxy) is 1. The Hall–Kier alpha value is -2.63. The SMILES string of the molecule is CC(C)N(C=O)C(C)C.CS(=O)NC1CCCCC1.Cc1cc(F)ccc1Oc1cncnc1N1CC2(CCN(C)CC2)C1. The Morgan fingerprint density at radius 2 is 1.73 bits per heavy atom. The molecule has 9 nitrogen and oxygen atoms in total. The fourth-order valence-electron chi connectivity index (χ4n) is 6.08. The smallest absolute Gasteiger partial charge is 0.210 e. The minimum atomic E-state index is -0.813. The first kappa shape index (κ1) is 35.8. The fourth-order valence-corrected chi connectivity index (χ4v) is 6.79. The second-order valence-electron chi connectivity index (χ2n) is 13.0. The van der Waals surface area contributed by atoms with Crippen LogP contribution >= 0.6 is 0 Å². The van der Waals surface area contributed by atoms with Gasteiger partial charge in [0, 0.05) is 42.9 Å². The van der Waals surface area contributed by atoms with Crippen molar-refractivity contribution in [3.8, 4) is 11.5 Å². The maximum Gasteiger partial charge on any atom is 0.210 e. The van der Waals surface area contributed by atoms with Gasteiger partial charge < -0.3 is 19.4 Å². The molecule has 5 rings (SSSR count). The van der Waals surface area contributed by atoms with E-state index in [1.54, 1.807) is 29.7 Å². The number of piperidine rings is 1. The normalized spacial score (nSPS) is 18.9. The Morgan fingerprint density at radius 3 is 2.25 bits per heavy atom. The number of nitrogens with zero attached hydrogens (tertiary/aromatic N) is 5.